The number of nitrogens with zero attached hydrogens (tertiary/aromatic N) is 2. The van der Waals surface area contributed by atoms with Crippen LogP contribution in [0.2, 0.25) is 5.02 Å². The number of allylic oxidation sites excluding steroid dienone is 2. The maximum atomic E-state index is 6.24. The molecule has 0 bridgehead atoms. The second-order valence-electron chi connectivity index (χ2n) is 5.64. The SMILES string of the molecule is C=C(c1cc(Cl)ccc1CC/C=C\C)C(N)/C=C/N=CN(C)CC. The molecule has 0 radical (unpaired) electrons. The van der Waals surface area contributed by atoms with Crippen molar-refractivity contribution in [3.8, 4) is 0 Å². The normalized spacial score (nSPS) is 13.2. The predicted octanol–water partition coefficient (Wildman–Crippen LogP) is 4.68. The predicted molar refractivity (Wildman–Crippen MR) is 108 cm³/mol. The van der Waals surface area contributed by atoms with Crippen LogP contribution in [0.4, 0.5) is 0 Å². The highest BCUT2D eigenvalue weighted by Crippen LogP contribution is 2.25. The van der Waals surface area contributed by atoms with Gasteiger partial charge in [-0.05, 0) is 61.6 Å². The molecule has 0 saturated heterocycles. The highest BCUT2D eigenvalue weighted by atomic mass is 35.5. The monoisotopic (exact) mass is 345 g/mol. The summed E-state index contributed by atoms with van der Waals surface area (Å²) in [5.41, 5.74) is 9.33. The van der Waals surface area contributed by atoms with Crippen LogP contribution in [-0.2, 0) is 6.42 Å². The first-order valence-electron chi connectivity index (χ1n) is 8.24. The Kier molecular flexibility index (Phi) is 9.13. The zero-order chi connectivity index (χ0) is 17.9. The fourth-order valence-corrected chi connectivity index (χ4v) is 2.32. The zero-order valence-electron chi connectivity index (χ0n) is 14.9. The number of aliphatic imine (C=N–C) groups is 1. The van der Waals surface area contributed by atoms with Crippen LogP contribution in [0.5, 0.6) is 0 Å². The van der Waals surface area contributed by atoms with Gasteiger partial charge < -0.3 is 10.6 Å². The number of halogens is 1. The van der Waals surface area contributed by atoms with Crippen LogP contribution in [-0.4, -0.2) is 30.9 Å². The summed E-state index contributed by atoms with van der Waals surface area (Å²) in [6.45, 7) is 9.17. The van der Waals surface area contributed by atoms with E-state index in [2.05, 4.69) is 36.7 Å². The lowest BCUT2D eigenvalue weighted by atomic mass is 9.93. The molecule has 1 aromatic carbocycles. The molecule has 1 unspecified atom stereocenters. The molecule has 24 heavy (non-hydrogen) atoms. The Morgan fingerprint density at radius 3 is 2.88 bits per heavy atom. The van der Waals surface area contributed by atoms with E-state index in [0.717, 1.165) is 30.5 Å². The van der Waals surface area contributed by atoms with E-state index in [1.807, 2.05) is 37.1 Å². The van der Waals surface area contributed by atoms with Crippen LogP contribution in [0.25, 0.3) is 5.57 Å². The summed E-state index contributed by atoms with van der Waals surface area (Å²) in [6, 6.07) is 5.61. The third-order valence-electron chi connectivity index (χ3n) is 3.78. The highest BCUT2D eigenvalue weighted by Gasteiger charge is 2.11. The molecule has 130 valence electrons. The van der Waals surface area contributed by atoms with Gasteiger partial charge in [-0.2, -0.15) is 0 Å². The number of aryl methyl sites for hydroxylation is 1. The molecule has 0 aliphatic carbocycles. The summed E-state index contributed by atoms with van der Waals surface area (Å²) in [5.74, 6) is 0. The van der Waals surface area contributed by atoms with Crippen molar-refractivity contribution >= 4 is 23.5 Å². The van der Waals surface area contributed by atoms with E-state index in [9.17, 15) is 0 Å². The van der Waals surface area contributed by atoms with Crippen molar-refractivity contribution in [3.05, 3.63) is 65.4 Å². The van der Waals surface area contributed by atoms with Gasteiger partial charge in [0.05, 0.1) is 6.34 Å². The Balaban J connectivity index is 2.86. The molecule has 0 saturated carbocycles. The molecule has 4 heteroatoms. The second-order valence-corrected chi connectivity index (χ2v) is 6.08. The van der Waals surface area contributed by atoms with E-state index >= 15 is 0 Å². The number of hydrogen-bond acceptors (Lipinski definition) is 2. The average molecular weight is 346 g/mol. The first-order valence-corrected chi connectivity index (χ1v) is 8.61. The lowest BCUT2D eigenvalue weighted by Crippen LogP contribution is -2.19. The van der Waals surface area contributed by atoms with Gasteiger partial charge in [0.1, 0.15) is 0 Å². The fourth-order valence-electron chi connectivity index (χ4n) is 2.14. The Labute approximate surface area is 151 Å². The molecule has 0 aliphatic heterocycles. The summed E-state index contributed by atoms with van der Waals surface area (Å²) in [5, 5.41) is 0.694. The fraction of sp³-hybridized carbons (Fsp3) is 0.350. The minimum Gasteiger partial charge on any atom is -0.366 e. The van der Waals surface area contributed by atoms with Crippen LogP contribution in [0.1, 0.15) is 31.4 Å². The van der Waals surface area contributed by atoms with Gasteiger partial charge in [-0.1, -0.05) is 36.4 Å². The molecule has 2 N–H and O–H groups in total. The summed E-state index contributed by atoms with van der Waals surface area (Å²) in [7, 11) is 1.97. The summed E-state index contributed by atoms with van der Waals surface area (Å²) in [4.78, 5) is 6.21. The van der Waals surface area contributed by atoms with E-state index in [1.165, 1.54) is 5.56 Å². The van der Waals surface area contributed by atoms with Crippen LogP contribution >= 0.6 is 11.6 Å². The van der Waals surface area contributed by atoms with Crippen molar-refractivity contribution in [3.63, 3.8) is 0 Å². The van der Waals surface area contributed by atoms with E-state index < -0.39 is 0 Å². The topological polar surface area (TPSA) is 41.6 Å². The van der Waals surface area contributed by atoms with Crippen molar-refractivity contribution < 1.29 is 0 Å². The molecular formula is C20H28ClN3. The van der Waals surface area contributed by atoms with Crippen molar-refractivity contribution in [2.75, 3.05) is 13.6 Å². The molecule has 1 atom stereocenters. The molecule has 0 amide bonds. The largest absolute Gasteiger partial charge is 0.366 e. The van der Waals surface area contributed by atoms with Crippen molar-refractivity contribution in [2.45, 2.75) is 32.7 Å². The van der Waals surface area contributed by atoms with E-state index in [0.29, 0.717) is 5.02 Å². The lowest BCUT2D eigenvalue weighted by molar-refractivity contribution is 0.552. The summed E-state index contributed by atoms with van der Waals surface area (Å²) >= 11 is 6.16. The Bertz CT molecular complexity index is 617. The minimum absolute atomic E-state index is 0.298. The smallest absolute Gasteiger partial charge is 0.0902 e. The third kappa shape index (κ3) is 6.73. The Hall–Kier alpha value is -1.84. The van der Waals surface area contributed by atoms with Crippen molar-refractivity contribution in [1.29, 1.82) is 0 Å². The number of nitrogens with two attached hydrogens (primary N) is 1. The maximum absolute atomic E-state index is 6.24. The van der Waals surface area contributed by atoms with Gasteiger partial charge in [-0.15, -0.1) is 0 Å². The van der Waals surface area contributed by atoms with E-state index in [-0.39, 0.29) is 6.04 Å². The van der Waals surface area contributed by atoms with Gasteiger partial charge in [0.15, 0.2) is 0 Å². The van der Waals surface area contributed by atoms with Crippen LogP contribution in [0.3, 0.4) is 0 Å². The number of rotatable bonds is 9. The third-order valence-corrected chi connectivity index (χ3v) is 4.01. The molecule has 0 aromatic heterocycles. The van der Waals surface area contributed by atoms with Crippen molar-refractivity contribution in [1.82, 2.24) is 4.90 Å². The quantitative estimate of drug-likeness (QED) is 0.401. The molecule has 1 rings (SSSR count). The Morgan fingerprint density at radius 1 is 1.46 bits per heavy atom. The molecule has 0 fully saturated rings. The summed E-state index contributed by atoms with van der Waals surface area (Å²) < 4.78 is 0. The molecule has 1 aromatic rings. The molecule has 0 heterocycles. The van der Waals surface area contributed by atoms with Gasteiger partial charge in [-0.3, -0.25) is 0 Å². The first-order chi connectivity index (χ1) is 11.5. The number of hydrogen-bond donors (Lipinski definition) is 1. The molecular weight excluding hydrogens is 318 g/mol. The lowest BCUT2D eigenvalue weighted by Gasteiger charge is -2.16. The molecule has 0 spiro atoms. The average Bonchev–Trinajstić information content (AvgIpc) is 2.58. The molecule has 0 aliphatic rings. The van der Waals surface area contributed by atoms with Crippen LogP contribution < -0.4 is 5.73 Å². The standard InChI is InChI=1S/C20H28ClN3/c1-5-7-8-9-17-10-11-18(21)14-19(17)16(3)20(22)12-13-23-15-24(4)6-2/h5,7,10-15,20H,3,6,8-9,22H2,1-2,4H3/b7-5-,13-12+,23-15?. The van der Waals surface area contributed by atoms with Gasteiger partial charge in [-0.25, -0.2) is 4.99 Å². The molecule has 3 nitrogen and oxygen atoms in total. The van der Waals surface area contributed by atoms with Gasteiger partial charge in [0, 0.05) is 30.9 Å². The first kappa shape index (κ1) is 20.2. The van der Waals surface area contributed by atoms with Gasteiger partial charge in [0.2, 0.25) is 0 Å². The number of benzene rings is 1. The van der Waals surface area contributed by atoms with E-state index in [1.54, 1.807) is 12.5 Å². The minimum atomic E-state index is -0.298. The summed E-state index contributed by atoms with van der Waals surface area (Å²) in [6.07, 6.45) is 11.5. The van der Waals surface area contributed by atoms with Crippen LogP contribution in [0.15, 0.2) is 54.2 Å². The van der Waals surface area contributed by atoms with Gasteiger partial charge in [0.25, 0.3) is 0 Å². The zero-order valence-corrected chi connectivity index (χ0v) is 15.6. The van der Waals surface area contributed by atoms with Crippen LogP contribution in [0, 0.1) is 0 Å². The van der Waals surface area contributed by atoms with E-state index in [4.69, 9.17) is 17.3 Å². The highest BCUT2D eigenvalue weighted by molar-refractivity contribution is 6.30. The van der Waals surface area contributed by atoms with Crippen molar-refractivity contribution in [2.24, 2.45) is 10.7 Å². The maximum Gasteiger partial charge on any atom is 0.0902 e. The Morgan fingerprint density at radius 2 is 2.21 bits per heavy atom. The van der Waals surface area contributed by atoms with Gasteiger partial charge >= 0.3 is 0 Å². The second kappa shape index (κ2) is 10.8.